The van der Waals surface area contributed by atoms with Crippen LogP contribution in [0.4, 0.5) is 0 Å². The monoisotopic (exact) mass is 186 g/mol. The van der Waals surface area contributed by atoms with Crippen LogP contribution in [-0.2, 0) is 0 Å². The molecule has 66 valence electrons. The zero-order chi connectivity index (χ0) is 8.97. The first-order valence-electron chi connectivity index (χ1n) is 3.72. The average Bonchev–Trinajstić information content (AvgIpc) is 2.05. The van der Waals surface area contributed by atoms with Crippen LogP contribution in [0.3, 0.4) is 0 Å². The van der Waals surface area contributed by atoms with Crippen LogP contribution in [0.5, 0.6) is 0 Å². The van der Waals surface area contributed by atoms with Crippen LogP contribution in [0.15, 0.2) is 18.3 Å². The Morgan fingerprint density at radius 1 is 1.67 bits per heavy atom. The van der Waals surface area contributed by atoms with Crippen LogP contribution in [0.1, 0.15) is 18.2 Å². The maximum Gasteiger partial charge on any atom is 0.0586 e. The number of nitrogens with zero attached hydrogens (tertiary/aromatic N) is 1. The van der Waals surface area contributed by atoms with Gasteiger partial charge in [0.1, 0.15) is 0 Å². The highest BCUT2D eigenvalue weighted by Gasteiger charge is 2.06. The highest BCUT2D eigenvalue weighted by Crippen LogP contribution is 2.14. The fourth-order valence-corrected chi connectivity index (χ4v) is 1.08. The smallest absolute Gasteiger partial charge is 0.0586 e. The Bertz CT molecular complexity index is 255. The molecule has 0 bridgehead atoms. The van der Waals surface area contributed by atoms with E-state index in [-0.39, 0.29) is 12.6 Å². The lowest BCUT2D eigenvalue weighted by molar-refractivity contribution is 0.275. The highest BCUT2D eigenvalue weighted by atomic mass is 35.5. The van der Waals surface area contributed by atoms with Gasteiger partial charge in [-0.3, -0.25) is 4.98 Å². The minimum absolute atomic E-state index is 0.0648. The molecule has 1 aromatic heterocycles. The van der Waals surface area contributed by atoms with Gasteiger partial charge in [-0.15, -0.1) is 0 Å². The SMILES string of the molecule is NC(CCO)c1cc(Cl)ccn1. The molecule has 0 aliphatic heterocycles. The number of aliphatic hydroxyl groups excluding tert-OH is 1. The molecule has 1 unspecified atom stereocenters. The van der Waals surface area contributed by atoms with Crippen LogP contribution in [0.25, 0.3) is 0 Å². The summed E-state index contributed by atoms with van der Waals surface area (Å²) in [7, 11) is 0. The Labute approximate surface area is 76.2 Å². The minimum atomic E-state index is -0.228. The first kappa shape index (κ1) is 9.45. The summed E-state index contributed by atoms with van der Waals surface area (Å²) in [6.45, 7) is 0.0648. The Hall–Kier alpha value is -0.640. The van der Waals surface area contributed by atoms with Crippen molar-refractivity contribution >= 4 is 11.6 Å². The quantitative estimate of drug-likeness (QED) is 0.744. The van der Waals surface area contributed by atoms with E-state index >= 15 is 0 Å². The predicted octanol–water partition coefficient (Wildman–Crippen LogP) is 1.12. The van der Waals surface area contributed by atoms with Gasteiger partial charge in [-0.2, -0.15) is 0 Å². The van der Waals surface area contributed by atoms with Gasteiger partial charge in [0.25, 0.3) is 0 Å². The van der Waals surface area contributed by atoms with E-state index in [2.05, 4.69) is 4.98 Å². The van der Waals surface area contributed by atoms with Gasteiger partial charge in [0.2, 0.25) is 0 Å². The zero-order valence-corrected chi connectivity index (χ0v) is 7.33. The molecule has 1 heterocycles. The van der Waals surface area contributed by atoms with Crippen molar-refractivity contribution in [1.82, 2.24) is 4.98 Å². The van der Waals surface area contributed by atoms with Crippen molar-refractivity contribution in [3.05, 3.63) is 29.0 Å². The van der Waals surface area contributed by atoms with Gasteiger partial charge in [-0.1, -0.05) is 11.6 Å². The molecule has 1 atom stereocenters. The second-order valence-electron chi connectivity index (χ2n) is 2.52. The summed E-state index contributed by atoms with van der Waals surface area (Å²) in [5.74, 6) is 0. The van der Waals surface area contributed by atoms with Gasteiger partial charge in [0.15, 0.2) is 0 Å². The van der Waals surface area contributed by atoms with E-state index < -0.39 is 0 Å². The van der Waals surface area contributed by atoms with Crippen LogP contribution < -0.4 is 5.73 Å². The molecule has 1 aromatic rings. The van der Waals surface area contributed by atoms with Gasteiger partial charge in [0.05, 0.1) is 5.69 Å². The summed E-state index contributed by atoms with van der Waals surface area (Å²) in [4.78, 5) is 4.04. The van der Waals surface area contributed by atoms with E-state index in [0.717, 1.165) is 5.69 Å². The largest absolute Gasteiger partial charge is 0.396 e. The van der Waals surface area contributed by atoms with E-state index in [9.17, 15) is 0 Å². The Morgan fingerprint density at radius 2 is 2.42 bits per heavy atom. The van der Waals surface area contributed by atoms with E-state index in [1.807, 2.05) is 0 Å². The molecule has 3 nitrogen and oxygen atoms in total. The third-order valence-corrected chi connectivity index (χ3v) is 1.80. The first-order valence-corrected chi connectivity index (χ1v) is 4.09. The Kier molecular flexibility index (Phi) is 3.47. The van der Waals surface area contributed by atoms with E-state index in [4.69, 9.17) is 22.4 Å². The van der Waals surface area contributed by atoms with Gasteiger partial charge >= 0.3 is 0 Å². The first-order chi connectivity index (χ1) is 5.74. The lowest BCUT2D eigenvalue weighted by Crippen LogP contribution is -2.13. The predicted molar refractivity (Wildman–Crippen MR) is 47.9 cm³/mol. The highest BCUT2D eigenvalue weighted by molar-refractivity contribution is 6.30. The number of aromatic nitrogens is 1. The number of hydrogen-bond donors (Lipinski definition) is 2. The van der Waals surface area contributed by atoms with Gasteiger partial charge in [0, 0.05) is 23.9 Å². The number of aliphatic hydroxyl groups is 1. The number of hydrogen-bond acceptors (Lipinski definition) is 3. The van der Waals surface area contributed by atoms with Crippen molar-refractivity contribution in [2.24, 2.45) is 5.73 Å². The number of nitrogens with two attached hydrogens (primary N) is 1. The third-order valence-electron chi connectivity index (χ3n) is 1.56. The minimum Gasteiger partial charge on any atom is -0.396 e. The molecule has 0 saturated carbocycles. The Morgan fingerprint density at radius 3 is 3.00 bits per heavy atom. The lowest BCUT2D eigenvalue weighted by atomic mass is 10.1. The summed E-state index contributed by atoms with van der Waals surface area (Å²) in [6, 6.07) is 3.17. The zero-order valence-electron chi connectivity index (χ0n) is 6.57. The normalized spacial score (nSPS) is 12.9. The molecule has 0 aliphatic carbocycles. The van der Waals surface area contributed by atoms with E-state index in [1.54, 1.807) is 18.3 Å². The van der Waals surface area contributed by atoms with Crippen molar-refractivity contribution in [1.29, 1.82) is 0 Å². The Balaban J connectivity index is 2.73. The standard InChI is InChI=1S/C8H11ClN2O/c9-6-1-3-11-8(5-6)7(10)2-4-12/h1,3,5,7,12H,2,4,10H2. The molecule has 3 N–H and O–H groups in total. The van der Waals surface area contributed by atoms with Crippen molar-refractivity contribution in [3.63, 3.8) is 0 Å². The molecule has 4 heteroatoms. The summed E-state index contributed by atoms with van der Waals surface area (Å²) in [5, 5.41) is 9.25. The molecule has 12 heavy (non-hydrogen) atoms. The fourth-order valence-electron chi connectivity index (χ4n) is 0.911. The average molecular weight is 187 g/mol. The van der Waals surface area contributed by atoms with Crippen molar-refractivity contribution < 1.29 is 5.11 Å². The van der Waals surface area contributed by atoms with Crippen molar-refractivity contribution in [2.75, 3.05) is 6.61 Å². The molecule has 0 saturated heterocycles. The molecule has 0 aliphatic rings. The summed E-state index contributed by atoms with van der Waals surface area (Å²) in [6.07, 6.45) is 2.11. The maximum atomic E-state index is 8.63. The second kappa shape index (κ2) is 4.40. The van der Waals surface area contributed by atoms with Crippen molar-refractivity contribution in [2.45, 2.75) is 12.5 Å². The molecule has 0 spiro atoms. The van der Waals surface area contributed by atoms with Crippen LogP contribution in [0.2, 0.25) is 5.02 Å². The molecule has 0 radical (unpaired) electrons. The van der Waals surface area contributed by atoms with Gasteiger partial charge in [-0.05, 0) is 18.6 Å². The van der Waals surface area contributed by atoms with Crippen LogP contribution in [-0.4, -0.2) is 16.7 Å². The van der Waals surface area contributed by atoms with Crippen LogP contribution in [0, 0.1) is 0 Å². The molecule has 0 amide bonds. The molecule has 0 aromatic carbocycles. The fraction of sp³-hybridized carbons (Fsp3) is 0.375. The van der Waals surface area contributed by atoms with Crippen molar-refractivity contribution in [3.8, 4) is 0 Å². The number of pyridine rings is 1. The van der Waals surface area contributed by atoms with Crippen LogP contribution >= 0.6 is 11.6 Å². The molecular formula is C8H11ClN2O. The second-order valence-corrected chi connectivity index (χ2v) is 2.95. The summed E-state index contributed by atoms with van der Waals surface area (Å²) in [5.41, 5.74) is 6.41. The maximum absolute atomic E-state index is 8.63. The van der Waals surface area contributed by atoms with Gasteiger partial charge < -0.3 is 10.8 Å². The van der Waals surface area contributed by atoms with E-state index in [0.29, 0.717) is 11.4 Å². The third kappa shape index (κ3) is 2.44. The summed E-state index contributed by atoms with van der Waals surface area (Å²) >= 11 is 5.73. The topological polar surface area (TPSA) is 59.1 Å². The van der Waals surface area contributed by atoms with Gasteiger partial charge in [-0.25, -0.2) is 0 Å². The molecule has 0 fully saturated rings. The number of rotatable bonds is 3. The molecule has 1 rings (SSSR count). The summed E-state index contributed by atoms with van der Waals surface area (Å²) < 4.78 is 0. The van der Waals surface area contributed by atoms with E-state index in [1.165, 1.54) is 0 Å². The molecular weight excluding hydrogens is 176 g/mol. The lowest BCUT2D eigenvalue weighted by Gasteiger charge is -2.08. The number of halogens is 1.